The smallest absolute Gasteiger partial charge is 0.223 e. The lowest BCUT2D eigenvalue weighted by atomic mass is 9.79. The maximum atomic E-state index is 11.7. The van der Waals surface area contributed by atoms with E-state index >= 15 is 0 Å². The Balaban J connectivity index is 0.00000261. The number of hydrogen-bond acceptors (Lipinski definition) is 2. The molecule has 27 heavy (non-hydrogen) atoms. The summed E-state index contributed by atoms with van der Waals surface area (Å²) in [6.07, 6.45) is 4.43. The Hall–Kier alpha value is -1.31. The second kappa shape index (κ2) is 10.9. The molecule has 1 saturated carbocycles. The summed E-state index contributed by atoms with van der Waals surface area (Å²) in [7, 11) is 1.84. The van der Waals surface area contributed by atoms with Crippen molar-refractivity contribution in [1.29, 1.82) is 0 Å². The molecule has 1 aromatic carbocycles. The van der Waals surface area contributed by atoms with Crippen molar-refractivity contribution in [1.82, 2.24) is 15.5 Å². The first-order valence-corrected chi connectivity index (χ1v) is 10.0. The van der Waals surface area contributed by atoms with Gasteiger partial charge in [0.2, 0.25) is 5.91 Å². The first kappa shape index (κ1) is 22.0. The minimum absolute atomic E-state index is 0. The van der Waals surface area contributed by atoms with Crippen LogP contribution in [0.15, 0.2) is 35.3 Å². The number of piperidine rings is 1. The predicted octanol–water partition coefficient (Wildman–Crippen LogP) is 3.22. The third kappa shape index (κ3) is 6.09. The number of amides is 1. The SMILES string of the molecule is CCC1CN(C(=NC)NCCNC(=O)C2CC2)CCC1c1ccccc1.I. The molecule has 150 valence electrons. The summed E-state index contributed by atoms with van der Waals surface area (Å²) in [5.41, 5.74) is 1.46. The largest absolute Gasteiger partial charge is 0.354 e. The topological polar surface area (TPSA) is 56.7 Å². The highest BCUT2D eigenvalue weighted by molar-refractivity contribution is 14.0. The van der Waals surface area contributed by atoms with E-state index in [1.54, 1.807) is 0 Å². The number of carbonyl (C=O) groups is 1. The van der Waals surface area contributed by atoms with E-state index in [4.69, 9.17) is 0 Å². The van der Waals surface area contributed by atoms with E-state index in [1.807, 2.05) is 7.05 Å². The van der Waals surface area contributed by atoms with Crippen molar-refractivity contribution in [3.05, 3.63) is 35.9 Å². The molecule has 2 aliphatic rings. The highest BCUT2D eigenvalue weighted by atomic mass is 127. The first-order valence-electron chi connectivity index (χ1n) is 10.0. The number of likely N-dealkylation sites (tertiary alicyclic amines) is 1. The van der Waals surface area contributed by atoms with Gasteiger partial charge in [0.15, 0.2) is 5.96 Å². The molecule has 1 saturated heterocycles. The normalized spacial score (nSPS) is 22.7. The van der Waals surface area contributed by atoms with Gasteiger partial charge in [0.25, 0.3) is 0 Å². The molecular formula is C21H33IN4O. The van der Waals surface area contributed by atoms with E-state index in [-0.39, 0.29) is 35.8 Å². The predicted molar refractivity (Wildman–Crippen MR) is 122 cm³/mol. The van der Waals surface area contributed by atoms with Crippen LogP contribution in [0.5, 0.6) is 0 Å². The molecular weight excluding hydrogens is 451 g/mol. The lowest BCUT2D eigenvalue weighted by Crippen LogP contribution is -2.49. The van der Waals surface area contributed by atoms with E-state index in [1.165, 1.54) is 12.0 Å². The molecule has 1 amide bonds. The van der Waals surface area contributed by atoms with E-state index in [9.17, 15) is 4.79 Å². The molecule has 2 atom stereocenters. The number of benzene rings is 1. The number of nitrogens with zero attached hydrogens (tertiary/aromatic N) is 2. The number of halogens is 1. The van der Waals surface area contributed by atoms with Gasteiger partial charge in [0.1, 0.15) is 0 Å². The van der Waals surface area contributed by atoms with Crippen LogP contribution in [0.2, 0.25) is 0 Å². The molecule has 0 radical (unpaired) electrons. The van der Waals surface area contributed by atoms with Crippen LogP contribution < -0.4 is 10.6 Å². The fraction of sp³-hybridized carbons (Fsp3) is 0.619. The summed E-state index contributed by atoms with van der Waals surface area (Å²) in [6, 6.07) is 10.9. The molecule has 1 aromatic rings. The second-order valence-electron chi connectivity index (χ2n) is 7.46. The fourth-order valence-electron chi connectivity index (χ4n) is 3.96. The average molecular weight is 484 g/mol. The molecule has 0 spiro atoms. The molecule has 6 heteroatoms. The van der Waals surface area contributed by atoms with E-state index in [2.05, 4.69) is 57.8 Å². The minimum atomic E-state index is 0. The monoisotopic (exact) mass is 484 g/mol. The quantitative estimate of drug-likeness (QED) is 0.282. The van der Waals surface area contributed by atoms with Gasteiger partial charge in [-0.2, -0.15) is 0 Å². The maximum Gasteiger partial charge on any atom is 0.223 e. The highest BCUT2D eigenvalue weighted by Gasteiger charge is 2.31. The number of carbonyl (C=O) groups excluding carboxylic acids is 1. The maximum absolute atomic E-state index is 11.7. The van der Waals surface area contributed by atoms with Gasteiger partial charge in [0, 0.05) is 39.1 Å². The van der Waals surface area contributed by atoms with E-state index in [0.717, 1.165) is 44.9 Å². The number of hydrogen-bond donors (Lipinski definition) is 2. The van der Waals surface area contributed by atoms with Gasteiger partial charge in [0.05, 0.1) is 0 Å². The number of aliphatic imine (C=N–C) groups is 1. The van der Waals surface area contributed by atoms with Gasteiger partial charge in [-0.15, -0.1) is 24.0 Å². The highest BCUT2D eigenvalue weighted by Crippen LogP contribution is 2.34. The van der Waals surface area contributed by atoms with E-state index in [0.29, 0.717) is 18.4 Å². The van der Waals surface area contributed by atoms with Crippen LogP contribution in [-0.4, -0.2) is 50.0 Å². The molecule has 2 fully saturated rings. The Morgan fingerprint density at radius 3 is 2.48 bits per heavy atom. The zero-order valence-electron chi connectivity index (χ0n) is 16.5. The van der Waals surface area contributed by atoms with Crippen molar-refractivity contribution < 1.29 is 4.79 Å². The second-order valence-corrected chi connectivity index (χ2v) is 7.46. The molecule has 1 aliphatic heterocycles. The van der Waals surface area contributed by atoms with Crippen molar-refractivity contribution in [2.75, 3.05) is 33.2 Å². The van der Waals surface area contributed by atoms with Crippen LogP contribution in [0.25, 0.3) is 0 Å². The molecule has 2 unspecified atom stereocenters. The Morgan fingerprint density at radius 1 is 1.15 bits per heavy atom. The first-order chi connectivity index (χ1) is 12.7. The van der Waals surface area contributed by atoms with Crippen molar-refractivity contribution in [2.24, 2.45) is 16.8 Å². The zero-order chi connectivity index (χ0) is 18.4. The summed E-state index contributed by atoms with van der Waals surface area (Å²) >= 11 is 0. The Kier molecular flexibility index (Phi) is 8.86. The third-order valence-electron chi connectivity index (χ3n) is 5.65. The van der Waals surface area contributed by atoms with Gasteiger partial charge in [-0.1, -0.05) is 43.7 Å². The van der Waals surface area contributed by atoms with Gasteiger partial charge in [-0.05, 0) is 36.7 Å². The summed E-state index contributed by atoms with van der Waals surface area (Å²) in [4.78, 5) is 18.5. The molecule has 0 aromatic heterocycles. The van der Waals surface area contributed by atoms with Crippen molar-refractivity contribution in [3.63, 3.8) is 0 Å². The van der Waals surface area contributed by atoms with Crippen LogP contribution in [-0.2, 0) is 4.79 Å². The number of nitrogens with one attached hydrogen (secondary N) is 2. The van der Waals surface area contributed by atoms with Crippen LogP contribution in [0.4, 0.5) is 0 Å². The summed E-state index contributed by atoms with van der Waals surface area (Å²) in [5.74, 6) is 2.71. The Labute approximate surface area is 180 Å². The Bertz CT molecular complexity index is 618. The van der Waals surface area contributed by atoms with Crippen LogP contribution >= 0.6 is 24.0 Å². The zero-order valence-corrected chi connectivity index (χ0v) is 18.8. The van der Waals surface area contributed by atoms with Crippen molar-refractivity contribution in [3.8, 4) is 0 Å². The third-order valence-corrected chi connectivity index (χ3v) is 5.65. The van der Waals surface area contributed by atoms with Gasteiger partial charge < -0.3 is 15.5 Å². The van der Waals surface area contributed by atoms with Crippen molar-refractivity contribution >= 4 is 35.8 Å². The summed E-state index contributed by atoms with van der Waals surface area (Å²) in [6.45, 7) is 5.72. The Morgan fingerprint density at radius 2 is 1.85 bits per heavy atom. The number of rotatable bonds is 6. The van der Waals surface area contributed by atoms with Gasteiger partial charge >= 0.3 is 0 Å². The summed E-state index contributed by atoms with van der Waals surface area (Å²) in [5, 5.41) is 6.41. The van der Waals surface area contributed by atoms with Gasteiger partial charge in [-0.3, -0.25) is 9.79 Å². The molecule has 2 N–H and O–H groups in total. The number of guanidine groups is 1. The van der Waals surface area contributed by atoms with Crippen LogP contribution in [0, 0.1) is 11.8 Å². The minimum Gasteiger partial charge on any atom is -0.354 e. The van der Waals surface area contributed by atoms with E-state index < -0.39 is 0 Å². The van der Waals surface area contributed by atoms with Gasteiger partial charge in [-0.25, -0.2) is 0 Å². The van der Waals surface area contributed by atoms with Crippen LogP contribution in [0.3, 0.4) is 0 Å². The lowest BCUT2D eigenvalue weighted by Gasteiger charge is -2.40. The standard InChI is InChI=1S/C21H32N4O.HI/c1-3-16-15-25(14-11-19(16)17-7-5-4-6-8-17)21(22-2)24-13-12-23-20(26)18-9-10-18;/h4-8,16,18-19H,3,9-15H2,1-2H3,(H,22,24)(H,23,26);1H. The molecule has 3 rings (SSSR count). The van der Waals surface area contributed by atoms with Crippen LogP contribution in [0.1, 0.15) is 44.1 Å². The van der Waals surface area contributed by atoms with Crippen molar-refractivity contribution in [2.45, 2.75) is 38.5 Å². The molecule has 1 aliphatic carbocycles. The summed E-state index contributed by atoms with van der Waals surface area (Å²) < 4.78 is 0. The lowest BCUT2D eigenvalue weighted by molar-refractivity contribution is -0.122. The average Bonchev–Trinajstić information content (AvgIpc) is 3.53. The molecule has 0 bridgehead atoms. The fourth-order valence-corrected chi connectivity index (χ4v) is 3.96. The molecule has 5 nitrogen and oxygen atoms in total. The molecule has 1 heterocycles.